The molecule has 0 aliphatic heterocycles. The van der Waals surface area contributed by atoms with E-state index in [9.17, 15) is 14.7 Å². The largest absolute Gasteiger partial charge is 0.545 e. The van der Waals surface area contributed by atoms with Crippen molar-refractivity contribution < 1.29 is 19.2 Å². The Morgan fingerprint density at radius 1 is 1.39 bits per heavy atom. The van der Waals surface area contributed by atoms with Gasteiger partial charge in [0, 0.05) is 15.9 Å². The molecular weight excluding hydrogens is 366 g/mol. The minimum Gasteiger partial charge on any atom is -0.545 e. The van der Waals surface area contributed by atoms with Gasteiger partial charge in [-0.15, -0.1) is 4.52 Å². The predicted octanol–water partition coefficient (Wildman–Crippen LogP) is 0.0980. The maximum absolute atomic E-state index is 12.4. The van der Waals surface area contributed by atoms with Crippen LogP contribution in [0.1, 0.15) is 15.9 Å². The number of carbonyl (C=O) groups excluding carboxylic acids is 1. The molecule has 2 aromatic heterocycles. The molecule has 0 spiro atoms. The molecule has 3 aromatic rings. The molecule has 0 saturated heterocycles. The number of rotatable bonds is 4. The molecule has 0 saturated carbocycles. The fourth-order valence-electron chi connectivity index (χ4n) is 2.33. The van der Waals surface area contributed by atoms with E-state index in [4.69, 9.17) is 4.74 Å². The number of nitrogens with zero attached hydrogens (tertiary/aromatic N) is 2. The lowest BCUT2D eigenvalue weighted by Gasteiger charge is -2.03. The van der Waals surface area contributed by atoms with Gasteiger partial charge in [0.05, 0.1) is 24.8 Å². The van der Waals surface area contributed by atoms with E-state index in [-0.39, 0.29) is 5.65 Å². The molecule has 118 valence electrons. The second kappa shape index (κ2) is 5.88. The normalized spacial score (nSPS) is 10.9. The first-order valence-corrected chi connectivity index (χ1v) is 7.47. The summed E-state index contributed by atoms with van der Waals surface area (Å²) in [6, 6.07) is 7.38. The number of imidazole rings is 1. The van der Waals surface area contributed by atoms with Crippen LogP contribution in [0.4, 0.5) is 0 Å². The number of ether oxygens (including phenoxy) is 1. The van der Waals surface area contributed by atoms with E-state index in [2.05, 4.69) is 21.0 Å². The van der Waals surface area contributed by atoms with E-state index >= 15 is 0 Å². The molecule has 0 fully saturated rings. The third-order valence-electron chi connectivity index (χ3n) is 3.49. The summed E-state index contributed by atoms with van der Waals surface area (Å²) >= 11 is 3.39. The predicted molar refractivity (Wildman–Crippen MR) is 82.3 cm³/mol. The molecule has 0 radical (unpaired) electrons. The van der Waals surface area contributed by atoms with Crippen molar-refractivity contribution in [3.63, 3.8) is 0 Å². The molecule has 3 rings (SSSR count). The number of nitrogens with one attached hydrogen (secondary N) is 1. The molecule has 8 heteroatoms. The van der Waals surface area contributed by atoms with Gasteiger partial charge in [0.25, 0.3) is 5.43 Å². The molecule has 0 aliphatic carbocycles. The van der Waals surface area contributed by atoms with Crippen LogP contribution in [0.5, 0.6) is 5.75 Å². The van der Waals surface area contributed by atoms with E-state index < -0.39 is 17.0 Å². The maximum Gasteiger partial charge on any atom is 0.355 e. The number of aromatic carboxylic acids is 1. The lowest BCUT2D eigenvalue weighted by atomic mass is 10.2. The van der Waals surface area contributed by atoms with Crippen LogP contribution >= 0.6 is 15.9 Å². The van der Waals surface area contributed by atoms with Gasteiger partial charge in [0.1, 0.15) is 12.3 Å². The van der Waals surface area contributed by atoms with Gasteiger partial charge in [0.15, 0.2) is 6.20 Å². The lowest BCUT2D eigenvalue weighted by Crippen LogP contribution is -2.41. The van der Waals surface area contributed by atoms with Crippen LogP contribution < -0.4 is 19.8 Å². The highest BCUT2D eigenvalue weighted by atomic mass is 79.9. The smallest absolute Gasteiger partial charge is 0.355 e. The summed E-state index contributed by atoms with van der Waals surface area (Å²) in [6.07, 6.45) is 2.77. The van der Waals surface area contributed by atoms with Gasteiger partial charge in [-0.1, -0.05) is 12.1 Å². The lowest BCUT2D eigenvalue weighted by molar-refractivity contribution is -0.673. The summed E-state index contributed by atoms with van der Waals surface area (Å²) in [4.78, 5) is 23.4. The van der Waals surface area contributed by atoms with E-state index in [1.54, 1.807) is 17.9 Å². The molecule has 0 atom stereocenters. The highest BCUT2D eigenvalue weighted by molar-refractivity contribution is 9.10. The Balaban J connectivity index is 2.12. The molecule has 23 heavy (non-hydrogen) atoms. The fraction of sp³-hybridized carbons (Fsp3) is 0.133. The van der Waals surface area contributed by atoms with Crippen LogP contribution in [-0.4, -0.2) is 22.7 Å². The summed E-state index contributed by atoms with van der Waals surface area (Å²) in [7, 11) is 1.59. The highest BCUT2D eigenvalue weighted by Crippen LogP contribution is 2.13. The zero-order valence-electron chi connectivity index (χ0n) is 12.1. The molecule has 0 unspecified atom stereocenters. The Kier molecular flexibility index (Phi) is 3.91. The number of fused-ring (bicyclic) bond motifs is 1. The van der Waals surface area contributed by atoms with Crippen molar-refractivity contribution in [2.75, 3.05) is 7.11 Å². The number of carbonyl (C=O) groups is 1. The minimum absolute atomic E-state index is 0.203. The van der Waals surface area contributed by atoms with E-state index in [0.29, 0.717) is 11.1 Å². The Hall–Kier alpha value is -2.61. The van der Waals surface area contributed by atoms with Gasteiger partial charge in [0.2, 0.25) is 4.60 Å². The zero-order chi connectivity index (χ0) is 16.6. The quantitative estimate of drug-likeness (QED) is 0.652. The number of halogens is 1. The van der Waals surface area contributed by atoms with Crippen LogP contribution in [0.2, 0.25) is 0 Å². The number of aromatic amines is 1. The van der Waals surface area contributed by atoms with Crippen molar-refractivity contribution in [3.05, 3.63) is 62.6 Å². The van der Waals surface area contributed by atoms with Gasteiger partial charge in [-0.2, -0.15) is 0 Å². The molecular formula is C15H12BrN3O4. The first kappa shape index (κ1) is 15.3. The Morgan fingerprint density at radius 3 is 2.70 bits per heavy atom. The summed E-state index contributed by atoms with van der Waals surface area (Å²) in [5, 5.41) is 13.8. The number of aromatic nitrogens is 3. The van der Waals surface area contributed by atoms with Crippen LogP contribution in [-0.2, 0) is 6.54 Å². The number of methoxy groups -OCH3 is 1. The number of carboxylic acids is 1. The van der Waals surface area contributed by atoms with Crippen LogP contribution in [0, 0.1) is 0 Å². The molecule has 1 N–H and O–H groups in total. The number of benzene rings is 1. The van der Waals surface area contributed by atoms with Gasteiger partial charge in [-0.3, -0.25) is 4.79 Å². The molecule has 0 aliphatic rings. The Labute approximate surface area is 138 Å². The summed E-state index contributed by atoms with van der Waals surface area (Å²) < 4.78 is 8.88. The third-order valence-corrected chi connectivity index (χ3v) is 4.13. The second-order valence-corrected chi connectivity index (χ2v) is 5.70. The number of hydrogen-bond donors (Lipinski definition) is 1. The zero-order valence-corrected chi connectivity index (χ0v) is 13.7. The van der Waals surface area contributed by atoms with Crippen molar-refractivity contribution in [1.29, 1.82) is 0 Å². The third kappa shape index (κ3) is 2.72. The van der Waals surface area contributed by atoms with Gasteiger partial charge >= 0.3 is 5.65 Å². The van der Waals surface area contributed by atoms with Crippen LogP contribution in [0.3, 0.4) is 0 Å². The SMILES string of the molecule is COc1ccc(C[n+]2c(Br)cn3[nH]cc(C(=O)[O-])c(=O)c32)cc1. The highest BCUT2D eigenvalue weighted by Gasteiger charge is 2.22. The topological polar surface area (TPSA) is 90.5 Å². The summed E-state index contributed by atoms with van der Waals surface area (Å²) in [5.41, 5.74) is 0.117. The van der Waals surface area contributed by atoms with Crippen molar-refractivity contribution >= 4 is 27.5 Å². The molecule has 0 amide bonds. The molecule has 2 heterocycles. The first-order chi connectivity index (χ1) is 11.0. The first-order valence-electron chi connectivity index (χ1n) is 6.67. The van der Waals surface area contributed by atoms with E-state index in [1.807, 2.05) is 24.3 Å². The van der Waals surface area contributed by atoms with Crippen LogP contribution in [0.15, 0.2) is 46.1 Å². The molecule has 1 aromatic carbocycles. The van der Waals surface area contributed by atoms with Gasteiger partial charge in [-0.25, -0.2) is 9.67 Å². The number of H-pyrrole nitrogens is 1. The monoisotopic (exact) mass is 377 g/mol. The second-order valence-electron chi connectivity index (χ2n) is 4.88. The number of carboxylic acid groups (broad SMARTS) is 1. The van der Waals surface area contributed by atoms with Gasteiger partial charge in [-0.05, 0) is 17.7 Å². The van der Waals surface area contributed by atoms with Crippen molar-refractivity contribution in [1.82, 2.24) is 9.61 Å². The average molecular weight is 378 g/mol. The van der Waals surface area contributed by atoms with Crippen molar-refractivity contribution in [2.45, 2.75) is 6.54 Å². The van der Waals surface area contributed by atoms with E-state index in [1.165, 1.54) is 4.52 Å². The van der Waals surface area contributed by atoms with Crippen molar-refractivity contribution in [3.8, 4) is 5.75 Å². The minimum atomic E-state index is -1.51. The maximum atomic E-state index is 12.4. The fourth-order valence-corrected chi connectivity index (χ4v) is 2.83. The Bertz CT molecular complexity index is 944. The van der Waals surface area contributed by atoms with E-state index in [0.717, 1.165) is 17.5 Å². The Morgan fingerprint density at radius 2 is 2.09 bits per heavy atom. The van der Waals surface area contributed by atoms with Crippen molar-refractivity contribution in [2.24, 2.45) is 0 Å². The summed E-state index contributed by atoms with van der Waals surface area (Å²) in [6.45, 7) is 0.390. The molecule has 0 bridgehead atoms. The standard InChI is InChI=1S/C15H12BrN3O4/c1-23-10-4-2-9(3-5-10)7-18-12(16)8-19-14(18)13(20)11(6-17-19)15(21)22/h2-6,8H,7H2,1H3,(H-,17,20,21,22). The van der Waals surface area contributed by atoms with Gasteiger partial charge < -0.3 is 14.6 Å². The average Bonchev–Trinajstić information content (AvgIpc) is 2.85. The van der Waals surface area contributed by atoms with Crippen LogP contribution in [0.25, 0.3) is 5.65 Å². The summed E-state index contributed by atoms with van der Waals surface area (Å²) in [5.74, 6) is -0.779. The number of hydrogen-bond acceptors (Lipinski definition) is 4. The molecule has 7 nitrogen and oxygen atoms in total.